The molecule has 26 heavy (non-hydrogen) atoms. The molecule has 0 unspecified atom stereocenters. The highest BCUT2D eigenvalue weighted by Gasteiger charge is 2.30. The molecule has 1 fully saturated rings. The van der Waals surface area contributed by atoms with Crippen molar-refractivity contribution < 1.29 is 22.7 Å². The predicted octanol–water partition coefficient (Wildman–Crippen LogP) is 4.21. The number of ether oxygens (including phenoxy) is 1. The number of halogens is 3. The van der Waals surface area contributed by atoms with E-state index in [-0.39, 0.29) is 11.9 Å². The van der Waals surface area contributed by atoms with Crippen LogP contribution in [0.25, 0.3) is 10.6 Å². The van der Waals surface area contributed by atoms with E-state index in [2.05, 4.69) is 9.88 Å². The Bertz CT molecular complexity index is 751. The van der Waals surface area contributed by atoms with Crippen molar-refractivity contribution in [1.82, 2.24) is 9.88 Å². The topological polar surface area (TPSA) is 42.4 Å². The molecule has 1 aromatic carbocycles. The van der Waals surface area contributed by atoms with E-state index in [1.165, 1.54) is 30.6 Å². The van der Waals surface area contributed by atoms with Gasteiger partial charge in [0.15, 0.2) is 0 Å². The van der Waals surface area contributed by atoms with Gasteiger partial charge in [0.05, 0.1) is 24.3 Å². The number of hydrogen-bond acceptors (Lipinski definition) is 5. The third kappa shape index (κ3) is 4.42. The van der Waals surface area contributed by atoms with Crippen LogP contribution < -0.4 is 0 Å². The van der Waals surface area contributed by atoms with Crippen molar-refractivity contribution in [3.8, 4) is 10.6 Å². The van der Waals surface area contributed by atoms with E-state index in [0.717, 1.165) is 43.8 Å². The maximum atomic E-state index is 12.6. The predicted molar refractivity (Wildman–Crippen MR) is 92.6 cm³/mol. The number of carbonyl (C=O) groups is 1. The van der Waals surface area contributed by atoms with Crippen molar-refractivity contribution in [3.05, 3.63) is 40.9 Å². The standard InChI is InChI=1S/C18H19F3N2O2S/c1-25-17(24)13-6-8-23(9-7-13)10-15-11-26-16(22-15)12-2-4-14(5-3-12)18(19,20)21/h2-5,11,13H,6-10H2,1H3. The van der Waals surface area contributed by atoms with Crippen molar-refractivity contribution in [2.24, 2.45) is 5.92 Å². The smallest absolute Gasteiger partial charge is 0.416 e. The molecule has 0 amide bonds. The second kappa shape index (κ2) is 7.75. The molecular weight excluding hydrogens is 365 g/mol. The second-order valence-electron chi connectivity index (χ2n) is 6.29. The number of alkyl halides is 3. The maximum absolute atomic E-state index is 12.6. The van der Waals surface area contributed by atoms with Crippen molar-refractivity contribution in [1.29, 1.82) is 0 Å². The van der Waals surface area contributed by atoms with Crippen molar-refractivity contribution in [2.75, 3.05) is 20.2 Å². The molecule has 8 heteroatoms. The molecule has 4 nitrogen and oxygen atoms in total. The summed E-state index contributed by atoms with van der Waals surface area (Å²) in [5.41, 5.74) is 0.909. The first-order valence-electron chi connectivity index (χ1n) is 8.29. The number of piperidine rings is 1. The van der Waals surface area contributed by atoms with Crippen molar-refractivity contribution in [3.63, 3.8) is 0 Å². The summed E-state index contributed by atoms with van der Waals surface area (Å²) < 4.78 is 42.7. The third-order valence-electron chi connectivity index (χ3n) is 4.52. The Balaban J connectivity index is 1.59. The fraction of sp³-hybridized carbons (Fsp3) is 0.444. The van der Waals surface area contributed by atoms with E-state index in [9.17, 15) is 18.0 Å². The molecule has 0 spiro atoms. The van der Waals surface area contributed by atoms with Crippen LogP contribution in [0.4, 0.5) is 13.2 Å². The number of thiazole rings is 1. The lowest BCUT2D eigenvalue weighted by Gasteiger charge is -2.29. The fourth-order valence-corrected chi connectivity index (χ4v) is 3.85. The molecule has 1 aliphatic rings. The SMILES string of the molecule is COC(=O)C1CCN(Cc2csc(-c3ccc(C(F)(F)F)cc3)n2)CC1. The number of rotatable bonds is 4. The summed E-state index contributed by atoms with van der Waals surface area (Å²) in [6, 6.07) is 5.06. The summed E-state index contributed by atoms with van der Waals surface area (Å²) in [6.07, 6.45) is -2.80. The first-order valence-corrected chi connectivity index (χ1v) is 9.17. The monoisotopic (exact) mass is 384 g/mol. The van der Waals surface area contributed by atoms with Crippen LogP contribution in [-0.4, -0.2) is 36.1 Å². The summed E-state index contributed by atoms with van der Waals surface area (Å²) in [6.45, 7) is 2.27. The van der Waals surface area contributed by atoms with Gasteiger partial charge < -0.3 is 4.74 Å². The van der Waals surface area contributed by atoms with E-state index in [4.69, 9.17) is 4.74 Å². The van der Waals surface area contributed by atoms with Gasteiger partial charge in [-0.15, -0.1) is 11.3 Å². The van der Waals surface area contributed by atoms with Crippen LogP contribution in [-0.2, 0) is 22.3 Å². The van der Waals surface area contributed by atoms with Crippen LogP contribution in [0.3, 0.4) is 0 Å². The van der Waals surface area contributed by atoms with Gasteiger partial charge in [-0.25, -0.2) is 4.98 Å². The second-order valence-corrected chi connectivity index (χ2v) is 7.15. The maximum Gasteiger partial charge on any atom is 0.416 e. The Morgan fingerprint density at radius 3 is 2.50 bits per heavy atom. The van der Waals surface area contributed by atoms with Crippen LogP contribution >= 0.6 is 11.3 Å². The van der Waals surface area contributed by atoms with E-state index in [1.54, 1.807) is 0 Å². The minimum absolute atomic E-state index is 0.0330. The van der Waals surface area contributed by atoms with Crippen LogP contribution in [0, 0.1) is 5.92 Å². The lowest BCUT2D eigenvalue weighted by atomic mass is 9.97. The van der Waals surface area contributed by atoms with E-state index >= 15 is 0 Å². The molecular formula is C18H19F3N2O2S. The van der Waals surface area contributed by atoms with Gasteiger partial charge in [0, 0.05) is 17.5 Å². The van der Waals surface area contributed by atoms with Crippen LogP contribution in [0.15, 0.2) is 29.6 Å². The minimum atomic E-state index is -4.33. The zero-order valence-corrected chi connectivity index (χ0v) is 15.1. The highest BCUT2D eigenvalue weighted by atomic mass is 32.1. The van der Waals surface area contributed by atoms with Gasteiger partial charge in [-0.1, -0.05) is 12.1 Å². The number of aromatic nitrogens is 1. The van der Waals surface area contributed by atoms with Gasteiger partial charge in [-0.05, 0) is 38.1 Å². The number of hydrogen-bond donors (Lipinski definition) is 0. The fourth-order valence-electron chi connectivity index (χ4n) is 3.04. The quantitative estimate of drug-likeness (QED) is 0.741. The van der Waals surface area contributed by atoms with Crippen LogP contribution in [0.1, 0.15) is 24.1 Å². The molecule has 3 rings (SSSR count). The first-order chi connectivity index (χ1) is 12.4. The lowest BCUT2D eigenvalue weighted by molar-refractivity contribution is -0.147. The molecule has 0 bridgehead atoms. The largest absolute Gasteiger partial charge is 0.469 e. The zero-order valence-electron chi connectivity index (χ0n) is 14.3. The lowest BCUT2D eigenvalue weighted by Crippen LogP contribution is -2.36. The van der Waals surface area contributed by atoms with Gasteiger partial charge in [0.2, 0.25) is 0 Å². The average molecular weight is 384 g/mol. The van der Waals surface area contributed by atoms with Crippen LogP contribution in [0.2, 0.25) is 0 Å². The number of methoxy groups -OCH3 is 1. The first kappa shape index (κ1) is 18.8. The molecule has 2 heterocycles. The van der Waals surface area contributed by atoms with E-state index < -0.39 is 11.7 Å². The summed E-state index contributed by atoms with van der Waals surface area (Å²) in [4.78, 5) is 18.3. The molecule has 140 valence electrons. The molecule has 2 aromatic rings. The van der Waals surface area contributed by atoms with Gasteiger partial charge in [-0.2, -0.15) is 13.2 Å². The number of carbonyl (C=O) groups excluding carboxylic acids is 1. The molecule has 0 atom stereocenters. The van der Waals surface area contributed by atoms with E-state index in [1.807, 2.05) is 5.38 Å². The Morgan fingerprint density at radius 2 is 1.92 bits per heavy atom. The third-order valence-corrected chi connectivity index (χ3v) is 5.46. The molecule has 1 aromatic heterocycles. The normalized spacial score (nSPS) is 16.6. The van der Waals surface area contributed by atoms with Crippen molar-refractivity contribution in [2.45, 2.75) is 25.6 Å². The summed E-state index contributed by atoms with van der Waals surface area (Å²) >= 11 is 1.42. The Morgan fingerprint density at radius 1 is 1.27 bits per heavy atom. The Hall–Kier alpha value is -1.93. The highest BCUT2D eigenvalue weighted by molar-refractivity contribution is 7.13. The number of likely N-dealkylation sites (tertiary alicyclic amines) is 1. The highest BCUT2D eigenvalue weighted by Crippen LogP contribution is 2.32. The molecule has 1 saturated heterocycles. The Labute approximate surface area is 153 Å². The van der Waals surface area contributed by atoms with Crippen LogP contribution in [0.5, 0.6) is 0 Å². The molecule has 0 radical (unpaired) electrons. The number of esters is 1. The summed E-state index contributed by atoms with van der Waals surface area (Å²) in [7, 11) is 1.41. The van der Waals surface area contributed by atoms with Gasteiger partial charge in [-0.3, -0.25) is 9.69 Å². The average Bonchev–Trinajstić information content (AvgIpc) is 3.09. The minimum Gasteiger partial charge on any atom is -0.469 e. The van der Waals surface area contributed by atoms with E-state index in [0.29, 0.717) is 17.1 Å². The zero-order chi connectivity index (χ0) is 18.7. The van der Waals surface area contributed by atoms with Gasteiger partial charge in [0.1, 0.15) is 5.01 Å². The molecule has 0 saturated carbocycles. The van der Waals surface area contributed by atoms with Gasteiger partial charge >= 0.3 is 12.1 Å². The molecule has 1 aliphatic heterocycles. The van der Waals surface area contributed by atoms with Gasteiger partial charge in [0.25, 0.3) is 0 Å². The molecule has 0 aliphatic carbocycles. The molecule has 0 N–H and O–H groups in total. The van der Waals surface area contributed by atoms with Crippen molar-refractivity contribution >= 4 is 17.3 Å². The summed E-state index contributed by atoms with van der Waals surface area (Å²) in [5, 5.41) is 2.64. The summed E-state index contributed by atoms with van der Waals surface area (Å²) in [5.74, 6) is -0.183. The Kier molecular flexibility index (Phi) is 5.62. The number of benzene rings is 1. The number of nitrogens with zero attached hydrogens (tertiary/aromatic N) is 2.